The first-order valence-corrected chi connectivity index (χ1v) is 6.38. The van der Waals surface area contributed by atoms with E-state index in [-0.39, 0.29) is 6.92 Å². The molecule has 0 amide bonds. The Bertz CT molecular complexity index is 415. The fourth-order valence-corrected chi connectivity index (χ4v) is 1.78. The van der Waals surface area contributed by atoms with Crippen LogP contribution in [-0.2, 0) is 9.53 Å². The highest BCUT2D eigenvalue weighted by atomic mass is 19.3. The molecule has 0 aromatic rings. The molecule has 0 saturated heterocycles. The average molecular weight is 356 g/mol. The number of halogens is 8. The lowest BCUT2D eigenvalue weighted by molar-refractivity contribution is -0.179. The van der Waals surface area contributed by atoms with Gasteiger partial charge in [-0.05, 0) is 6.92 Å². The number of hydrogen-bond acceptors (Lipinski definition) is 2. The van der Waals surface area contributed by atoms with Gasteiger partial charge in [0, 0.05) is 12.5 Å². The normalized spacial score (nSPS) is 13.8. The van der Waals surface area contributed by atoms with Crippen molar-refractivity contribution >= 4 is 5.97 Å². The quantitative estimate of drug-likeness (QED) is 0.318. The Morgan fingerprint density at radius 3 is 1.78 bits per heavy atom. The first kappa shape index (κ1) is 21.6. The summed E-state index contributed by atoms with van der Waals surface area (Å²) in [5.74, 6) is -18.2. The zero-order valence-corrected chi connectivity index (χ0v) is 12.2. The maximum absolute atomic E-state index is 13.3. The molecule has 0 spiro atoms. The maximum Gasteiger partial charge on any atom is 0.330 e. The van der Waals surface area contributed by atoms with Crippen molar-refractivity contribution < 1.29 is 44.7 Å². The van der Waals surface area contributed by atoms with Crippen molar-refractivity contribution in [1.82, 2.24) is 0 Å². The van der Waals surface area contributed by atoms with Crippen molar-refractivity contribution in [2.24, 2.45) is 0 Å². The van der Waals surface area contributed by atoms with Crippen LogP contribution in [0.3, 0.4) is 0 Å². The lowest BCUT2D eigenvalue weighted by Crippen LogP contribution is -2.38. The van der Waals surface area contributed by atoms with E-state index in [4.69, 9.17) is 0 Å². The third kappa shape index (κ3) is 10.9. The Morgan fingerprint density at radius 2 is 1.35 bits per heavy atom. The predicted molar refractivity (Wildman–Crippen MR) is 65.1 cm³/mol. The van der Waals surface area contributed by atoms with Crippen LogP contribution in [0.5, 0.6) is 0 Å². The first-order chi connectivity index (χ1) is 10.1. The molecule has 2 nitrogen and oxygen atoms in total. The van der Waals surface area contributed by atoms with Gasteiger partial charge < -0.3 is 4.74 Å². The number of rotatable bonds is 10. The molecule has 10 heteroatoms. The van der Waals surface area contributed by atoms with E-state index < -0.39 is 61.9 Å². The fourth-order valence-electron chi connectivity index (χ4n) is 1.78. The van der Waals surface area contributed by atoms with Gasteiger partial charge in [0.2, 0.25) is 0 Å². The van der Waals surface area contributed by atoms with Crippen molar-refractivity contribution in [3.8, 4) is 0 Å². The minimum atomic E-state index is -4.57. The number of alkyl halides is 8. The van der Waals surface area contributed by atoms with E-state index in [1.54, 1.807) is 0 Å². The van der Waals surface area contributed by atoms with Crippen LogP contribution >= 0.6 is 0 Å². The molecule has 0 aliphatic heterocycles. The van der Waals surface area contributed by atoms with E-state index in [0.29, 0.717) is 6.08 Å². The van der Waals surface area contributed by atoms with Gasteiger partial charge in [0.15, 0.2) is 0 Å². The highest BCUT2D eigenvalue weighted by Crippen LogP contribution is 2.42. The molecule has 0 saturated carbocycles. The van der Waals surface area contributed by atoms with Gasteiger partial charge in [0.05, 0.1) is 25.9 Å². The highest BCUT2D eigenvalue weighted by Gasteiger charge is 2.51. The van der Waals surface area contributed by atoms with Crippen LogP contribution in [0.15, 0.2) is 12.7 Å². The van der Waals surface area contributed by atoms with Crippen LogP contribution in [0, 0.1) is 0 Å². The summed E-state index contributed by atoms with van der Waals surface area (Å²) in [6.07, 6.45) is -7.52. The summed E-state index contributed by atoms with van der Waals surface area (Å²) in [4.78, 5) is 10.6. The summed E-state index contributed by atoms with van der Waals surface area (Å²) in [5, 5.41) is 0. The summed E-state index contributed by atoms with van der Waals surface area (Å²) in [5.41, 5.74) is 0. The molecule has 0 aliphatic carbocycles. The molecule has 0 radical (unpaired) electrons. The van der Waals surface area contributed by atoms with E-state index in [2.05, 4.69) is 11.3 Å². The molecular formula is C13H16F8O2. The number of carbonyl (C=O) groups excluding carboxylic acids is 1. The van der Waals surface area contributed by atoms with E-state index in [1.165, 1.54) is 0 Å². The van der Waals surface area contributed by atoms with E-state index in [9.17, 15) is 39.9 Å². The second-order valence-electron chi connectivity index (χ2n) is 5.29. The largest absolute Gasteiger partial charge is 0.462 e. The van der Waals surface area contributed by atoms with Gasteiger partial charge in [-0.2, -0.15) is 0 Å². The topological polar surface area (TPSA) is 26.3 Å². The first-order valence-electron chi connectivity index (χ1n) is 6.38. The standard InChI is InChI=1S/C13H16F8O2/c1-3-9(22)23-5-4-11(16,17)7-13(20,21)8-12(18,19)6-10(2,14)15/h3H,1,4-8H2,2H3. The number of hydrogen-bond donors (Lipinski definition) is 0. The van der Waals surface area contributed by atoms with Crippen molar-refractivity contribution in [2.45, 2.75) is 56.3 Å². The van der Waals surface area contributed by atoms with E-state index in [1.807, 2.05) is 0 Å². The average Bonchev–Trinajstić information content (AvgIpc) is 2.20. The van der Waals surface area contributed by atoms with Crippen LogP contribution in [0.25, 0.3) is 0 Å². The van der Waals surface area contributed by atoms with Gasteiger partial charge in [-0.1, -0.05) is 6.58 Å². The maximum atomic E-state index is 13.3. The monoisotopic (exact) mass is 356 g/mol. The van der Waals surface area contributed by atoms with Gasteiger partial charge in [-0.3, -0.25) is 0 Å². The van der Waals surface area contributed by atoms with Crippen LogP contribution in [0.1, 0.15) is 32.6 Å². The second-order valence-corrected chi connectivity index (χ2v) is 5.29. The van der Waals surface area contributed by atoms with Gasteiger partial charge in [-0.15, -0.1) is 0 Å². The molecule has 0 bridgehead atoms. The van der Waals surface area contributed by atoms with Crippen LogP contribution in [-0.4, -0.2) is 36.3 Å². The molecule has 0 atom stereocenters. The summed E-state index contributed by atoms with van der Waals surface area (Å²) in [6.45, 7) is 2.17. The SMILES string of the molecule is C=CC(=O)OCCC(F)(F)CC(F)(F)CC(F)(F)CC(C)(F)F. The summed E-state index contributed by atoms with van der Waals surface area (Å²) in [6, 6.07) is 0. The molecule has 23 heavy (non-hydrogen) atoms. The second kappa shape index (κ2) is 7.48. The summed E-state index contributed by atoms with van der Waals surface area (Å²) >= 11 is 0. The van der Waals surface area contributed by atoms with Crippen molar-refractivity contribution in [3.63, 3.8) is 0 Å². The van der Waals surface area contributed by atoms with E-state index in [0.717, 1.165) is 0 Å². The minimum Gasteiger partial charge on any atom is -0.462 e. The minimum absolute atomic E-state index is 0.113. The molecule has 0 heterocycles. The lowest BCUT2D eigenvalue weighted by atomic mass is 9.98. The van der Waals surface area contributed by atoms with Gasteiger partial charge >= 0.3 is 5.97 Å². The summed E-state index contributed by atoms with van der Waals surface area (Å²) < 4.78 is 109. The number of ether oxygens (including phenoxy) is 1. The zero-order valence-electron chi connectivity index (χ0n) is 12.2. The van der Waals surface area contributed by atoms with Gasteiger partial charge in [-0.25, -0.2) is 39.9 Å². The Kier molecular flexibility index (Phi) is 7.04. The third-order valence-electron chi connectivity index (χ3n) is 2.48. The Labute approximate surface area is 127 Å². The highest BCUT2D eigenvalue weighted by molar-refractivity contribution is 5.81. The fraction of sp³-hybridized carbons (Fsp3) is 0.769. The Morgan fingerprint density at radius 1 is 0.913 bits per heavy atom. The molecule has 0 unspecified atom stereocenters. The van der Waals surface area contributed by atoms with Crippen LogP contribution < -0.4 is 0 Å². The molecule has 0 fully saturated rings. The van der Waals surface area contributed by atoms with Crippen LogP contribution in [0.4, 0.5) is 35.1 Å². The third-order valence-corrected chi connectivity index (χ3v) is 2.48. The molecule has 0 aromatic heterocycles. The predicted octanol–water partition coefficient (Wildman–Crippen LogP) is 4.84. The lowest BCUT2D eigenvalue weighted by Gasteiger charge is -2.27. The zero-order chi connectivity index (χ0) is 18.5. The molecule has 136 valence electrons. The van der Waals surface area contributed by atoms with Crippen molar-refractivity contribution in [1.29, 1.82) is 0 Å². The molecule has 0 aromatic carbocycles. The molecule has 0 rings (SSSR count). The number of esters is 1. The van der Waals surface area contributed by atoms with E-state index >= 15 is 0 Å². The Balaban J connectivity index is 4.63. The molecule has 0 aliphatic rings. The van der Waals surface area contributed by atoms with Crippen LogP contribution in [0.2, 0.25) is 0 Å². The van der Waals surface area contributed by atoms with Gasteiger partial charge in [0.25, 0.3) is 23.7 Å². The Hall–Kier alpha value is -1.35. The molecule has 0 N–H and O–H groups in total. The number of carbonyl (C=O) groups is 1. The summed E-state index contributed by atoms with van der Waals surface area (Å²) in [7, 11) is 0. The van der Waals surface area contributed by atoms with Gasteiger partial charge in [0.1, 0.15) is 0 Å². The smallest absolute Gasteiger partial charge is 0.330 e. The van der Waals surface area contributed by atoms with Crippen molar-refractivity contribution in [2.75, 3.05) is 6.61 Å². The van der Waals surface area contributed by atoms with Crippen molar-refractivity contribution in [3.05, 3.63) is 12.7 Å². The molecular weight excluding hydrogens is 340 g/mol.